The van der Waals surface area contributed by atoms with Crippen LogP contribution >= 0.6 is 0 Å². The topological polar surface area (TPSA) is 73.0 Å². The highest BCUT2D eigenvalue weighted by Crippen LogP contribution is 2.46. The first-order chi connectivity index (χ1) is 15.9. The van der Waals surface area contributed by atoms with Gasteiger partial charge in [-0.3, -0.25) is 4.79 Å². The van der Waals surface area contributed by atoms with Crippen LogP contribution in [0.25, 0.3) is 10.8 Å². The molecule has 9 heteroatoms. The fourth-order valence-electron chi connectivity index (χ4n) is 4.83. The van der Waals surface area contributed by atoms with E-state index < -0.39 is 18.0 Å². The summed E-state index contributed by atoms with van der Waals surface area (Å²) < 4.78 is 47.2. The molecule has 0 amide bonds. The number of nitrogens with zero attached hydrogens (tertiary/aromatic N) is 3. The maximum atomic E-state index is 13.5. The fraction of sp³-hybridized carbons (Fsp3) is 0.208. The van der Waals surface area contributed by atoms with Gasteiger partial charge in [-0.05, 0) is 34.9 Å². The molecule has 2 atom stereocenters. The summed E-state index contributed by atoms with van der Waals surface area (Å²) in [4.78, 5) is 17.2. The summed E-state index contributed by atoms with van der Waals surface area (Å²) in [5.74, 6) is -0.972. The van der Waals surface area contributed by atoms with Crippen LogP contribution in [0.4, 0.5) is 19.1 Å². The van der Waals surface area contributed by atoms with Crippen molar-refractivity contribution in [3.05, 3.63) is 89.3 Å². The van der Waals surface area contributed by atoms with Gasteiger partial charge in [-0.15, -0.1) is 5.10 Å². The largest absolute Gasteiger partial charge is 0.469 e. The molecule has 2 aromatic heterocycles. The van der Waals surface area contributed by atoms with Crippen LogP contribution in [0.3, 0.4) is 0 Å². The molecule has 6 rings (SSSR count). The second kappa shape index (κ2) is 7.06. The number of nitrogens with one attached hydrogen (secondary N) is 1. The Bertz CT molecular complexity index is 1410. The lowest BCUT2D eigenvalue weighted by Crippen LogP contribution is -2.33. The van der Waals surface area contributed by atoms with Crippen molar-refractivity contribution in [1.82, 2.24) is 14.8 Å². The van der Waals surface area contributed by atoms with Gasteiger partial charge in [-0.1, -0.05) is 42.5 Å². The van der Waals surface area contributed by atoms with Crippen LogP contribution in [-0.4, -0.2) is 20.5 Å². The number of hydrogen-bond donors (Lipinski definition) is 1. The molecule has 0 radical (unpaired) electrons. The van der Waals surface area contributed by atoms with Gasteiger partial charge in [0.05, 0.1) is 6.26 Å². The number of allylic oxidation sites excluding steroid dienone is 2. The van der Waals surface area contributed by atoms with E-state index in [1.54, 1.807) is 18.4 Å². The lowest BCUT2D eigenvalue weighted by Gasteiger charge is -2.34. The molecule has 4 aromatic rings. The van der Waals surface area contributed by atoms with Gasteiger partial charge in [-0.2, -0.15) is 18.2 Å². The molecule has 2 aromatic carbocycles. The third-order valence-corrected chi connectivity index (χ3v) is 6.24. The molecular weight excluding hydrogens is 433 g/mol. The minimum absolute atomic E-state index is 0.0353. The van der Waals surface area contributed by atoms with Gasteiger partial charge >= 0.3 is 6.18 Å². The second-order valence-electron chi connectivity index (χ2n) is 8.23. The zero-order valence-electron chi connectivity index (χ0n) is 17.1. The van der Waals surface area contributed by atoms with Crippen molar-refractivity contribution in [3.8, 4) is 0 Å². The number of ketones is 1. The summed E-state index contributed by atoms with van der Waals surface area (Å²) >= 11 is 0. The van der Waals surface area contributed by atoms with Crippen molar-refractivity contribution in [2.45, 2.75) is 31.0 Å². The molecule has 2 aliphatic rings. The Morgan fingerprint density at radius 2 is 1.85 bits per heavy atom. The SMILES string of the molecule is O=C1CC(c2ccco2)CC2=C1C(c1cccc3ccccc13)n1nc(C(F)(F)F)nc1N2. The van der Waals surface area contributed by atoms with Crippen molar-refractivity contribution >= 4 is 22.5 Å². The van der Waals surface area contributed by atoms with Crippen LogP contribution in [-0.2, 0) is 11.0 Å². The third-order valence-electron chi connectivity index (χ3n) is 6.24. The molecule has 1 N–H and O–H groups in total. The zero-order chi connectivity index (χ0) is 22.7. The summed E-state index contributed by atoms with van der Waals surface area (Å²) in [5, 5.41) is 8.53. The first-order valence-electron chi connectivity index (χ1n) is 10.5. The molecule has 0 saturated carbocycles. The molecule has 33 heavy (non-hydrogen) atoms. The van der Waals surface area contributed by atoms with Crippen molar-refractivity contribution < 1.29 is 22.4 Å². The zero-order valence-corrected chi connectivity index (χ0v) is 17.1. The summed E-state index contributed by atoms with van der Waals surface area (Å²) in [6.45, 7) is 0. The van der Waals surface area contributed by atoms with Crippen LogP contribution in [0.15, 0.2) is 76.5 Å². The highest BCUT2D eigenvalue weighted by atomic mass is 19.4. The van der Waals surface area contributed by atoms with Gasteiger partial charge in [0, 0.05) is 23.6 Å². The number of alkyl halides is 3. The lowest BCUT2D eigenvalue weighted by molar-refractivity contribution is -0.145. The number of rotatable bonds is 2. The van der Waals surface area contributed by atoms with E-state index in [9.17, 15) is 18.0 Å². The molecule has 0 bridgehead atoms. The van der Waals surface area contributed by atoms with Gasteiger partial charge in [0.1, 0.15) is 11.8 Å². The number of aromatic nitrogens is 3. The molecule has 0 saturated heterocycles. The quantitative estimate of drug-likeness (QED) is 0.439. The van der Waals surface area contributed by atoms with E-state index in [1.807, 2.05) is 42.5 Å². The minimum atomic E-state index is -4.71. The Balaban J connectivity index is 1.56. The molecule has 6 nitrogen and oxygen atoms in total. The van der Waals surface area contributed by atoms with Crippen LogP contribution in [0.5, 0.6) is 0 Å². The maximum Gasteiger partial charge on any atom is 0.453 e. The van der Waals surface area contributed by atoms with E-state index >= 15 is 0 Å². The number of carbonyl (C=O) groups is 1. The predicted molar refractivity (Wildman–Crippen MR) is 113 cm³/mol. The number of halogens is 3. The normalized spacial score (nSPS) is 20.5. The number of furan rings is 1. The Kier molecular flexibility index (Phi) is 4.23. The van der Waals surface area contributed by atoms with Crippen LogP contribution in [0.1, 0.15) is 41.9 Å². The summed E-state index contributed by atoms with van der Waals surface area (Å²) in [6, 6.07) is 15.9. The first kappa shape index (κ1) is 19.8. The Labute approximate surface area is 185 Å². The smallest absolute Gasteiger partial charge is 0.453 e. The number of benzene rings is 2. The number of carbonyl (C=O) groups excluding carboxylic acids is 1. The molecule has 1 aliphatic heterocycles. The third kappa shape index (κ3) is 3.14. The lowest BCUT2D eigenvalue weighted by atomic mass is 9.79. The average molecular weight is 450 g/mol. The maximum absolute atomic E-state index is 13.5. The van der Waals surface area contributed by atoms with E-state index in [2.05, 4.69) is 15.4 Å². The monoisotopic (exact) mass is 450 g/mol. The van der Waals surface area contributed by atoms with Gasteiger partial charge in [-0.25, -0.2) is 4.68 Å². The number of anilines is 1. The predicted octanol–water partition coefficient (Wildman–Crippen LogP) is 5.46. The van der Waals surface area contributed by atoms with Crippen molar-refractivity contribution in [1.29, 1.82) is 0 Å². The Morgan fingerprint density at radius 3 is 2.64 bits per heavy atom. The van der Waals surface area contributed by atoms with E-state index in [0.717, 1.165) is 10.8 Å². The molecule has 2 unspecified atom stereocenters. The second-order valence-corrected chi connectivity index (χ2v) is 8.23. The number of Topliss-reactive ketones (excluding diaryl/α,β-unsaturated/α-hetero) is 1. The van der Waals surface area contributed by atoms with E-state index in [4.69, 9.17) is 4.42 Å². The molecule has 0 spiro atoms. The number of fused-ring (bicyclic) bond motifs is 2. The van der Waals surface area contributed by atoms with Crippen LogP contribution in [0, 0.1) is 0 Å². The minimum Gasteiger partial charge on any atom is -0.469 e. The van der Waals surface area contributed by atoms with Gasteiger partial charge in [0.15, 0.2) is 5.78 Å². The average Bonchev–Trinajstić information content (AvgIpc) is 3.47. The van der Waals surface area contributed by atoms with Gasteiger partial charge in [0.2, 0.25) is 5.95 Å². The van der Waals surface area contributed by atoms with Gasteiger partial charge in [0.25, 0.3) is 5.82 Å². The molecule has 166 valence electrons. The molecule has 0 fully saturated rings. The molecular formula is C24H17F3N4O2. The van der Waals surface area contributed by atoms with E-state index in [-0.39, 0.29) is 24.1 Å². The summed E-state index contributed by atoms with van der Waals surface area (Å²) in [6.07, 6.45) is -2.55. The highest BCUT2D eigenvalue weighted by Gasteiger charge is 2.44. The standard InChI is InChI=1S/C24H17F3N4O2/c25-24(26,27)22-29-23-28-17-11-14(19-9-4-10-33-19)12-18(32)20(17)21(31(23)30-22)16-8-3-6-13-5-1-2-7-15(13)16/h1-10,14,21H,11-12H2,(H,28,29,30). The first-order valence-corrected chi connectivity index (χ1v) is 10.5. The van der Waals surface area contributed by atoms with E-state index in [1.165, 1.54) is 4.68 Å². The van der Waals surface area contributed by atoms with Crippen LogP contribution in [0.2, 0.25) is 0 Å². The van der Waals surface area contributed by atoms with E-state index in [0.29, 0.717) is 29.0 Å². The summed E-state index contributed by atoms with van der Waals surface area (Å²) in [5.41, 5.74) is 1.67. The van der Waals surface area contributed by atoms with Crippen LogP contribution < -0.4 is 5.32 Å². The molecule has 3 heterocycles. The Hall–Kier alpha value is -3.88. The Morgan fingerprint density at radius 1 is 1.03 bits per heavy atom. The summed E-state index contributed by atoms with van der Waals surface area (Å²) in [7, 11) is 0. The van der Waals surface area contributed by atoms with Crippen molar-refractivity contribution in [3.63, 3.8) is 0 Å². The van der Waals surface area contributed by atoms with Crippen molar-refractivity contribution in [2.75, 3.05) is 5.32 Å². The van der Waals surface area contributed by atoms with Crippen molar-refractivity contribution in [2.24, 2.45) is 0 Å². The van der Waals surface area contributed by atoms with Gasteiger partial charge < -0.3 is 9.73 Å². The highest BCUT2D eigenvalue weighted by molar-refractivity contribution is 6.01. The number of hydrogen-bond acceptors (Lipinski definition) is 5. The molecule has 1 aliphatic carbocycles. The fourth-order valence-corrected chi connectivity index (χ4v) is 4.83.